The molecule has 2 aliphatic heterocycles. The number of carbonyl (C=O) groups is 1. The van der Waals surface area contributed by atoms with Crippen LogP contribution in [0.4, 0.5) is 20.4 Å². The second-order valence-corrected chi connectivity index (χ2v) is 11.1. The highest BCUT2D eigenvalue weighted by Crippen LogP contribution is 2.44. The van der Waals surface area contributed by atoms with Gasteiger partial charge in [0.25, 0.3) is 0 Å². The molecule has 6 rings (SSSR count). The van der Waals surface area contributed by atoms with Gasteiger partial charge >= 0.3 is 5.69 Å². The first-order valence-corrected chi connectivity index (χ1v) is 14.0. The fourth-order valence-electron chi connectivity index (χ4n) is 5.77. The number of fused-ring (bicyclic) bond motifs is 2. The summed E-state index contributed by atoms with van der Waals surface area (Å²) in [6.07, 6.45) is 2.60. The van der Waals surface area contributed by atoms with Crippen molar-refractivity contribution in [3.8, 4) is 28.4 Å². The summed E-state index contributed by atoms with van der Waals surface area (Å²) in [5.41, 5.74) is -1.12. The second-order valence-electron chi connectivity index (χ2n) is 11.1. The van der Waals surface area contributed by atoms with Crippen molar-refractivity contribution in [2.45, 2.75) is 25.8 Å². The van der Waals surface area contributed by atoms with Gasteiger partial charge in [-0.2, -0.15) is 4.98 Å². The number of hydrogen-bond donors (Lipinski definition) is 1. The summed E-state index contributed by atoms with van der Waals surface area (Å²) in [7, 11) is 3.50. The summed E-state index contributed by atoms with van der Waals surface area (Å²) in [4.78, 5) is 49.5. The molecule has 228 valence electrons. The lowest BCUT2D eigenvalue weighted by Gasteiger charge is -2.40. The predicted molar refractivity (Wildman–Crippen MR) is 160 cm³/mol. The minimum Gasteiger partial charge on any atom is -0.507 e. The molecule has 0 aliphatic carbocycles. The maximum absolute atomic E-state index is 16.5. The molecule has 0 radical (unpaired) electrons. The number of halogens is 2. The lowest BCUT2D eigenvalue weighted by atomic mass is 10.1. The van der Waals surface area contributed by atoms with E-state index < -0.39 is 40.4 Å². The maximum atomic E-state index is 16.5. The SMILES string of the molecule is C=CC(=O)N1CCN2c3nc(=O)n(-c4c(C(C)C)ncnc4N(C)C)c4nc(-c5c(O)cccc5F)c(F)c(c34)OC[C@H]2C1. The zero-order valence-corrected chi connectivity index (χ0v) is 24.6. The minimum absolute atomic E-state index is 0.0796. The van der Waals surface area contributed by atoms with Gasteiger partial charge in [-0.25, -0.2) is 33.1 Å². The summed E-state index contributed by atoms with van der Waals surface area (Å²) in [5.74, 6) is -2.78. The Morgan fingerprint density at radius 3 is 2.66 bits per heavy atom. The Balaban J connectivity index is 1.74. The lowest BCUT2D eigenvalue weighted by Crippen LogP contribution is -2.56. The van der Waals surface area contributed by atoms with E-state index in [2.05, 4.69) is 26.5 Å². The fourth-order valence-corrected chi connectivity index (χ4v) is 5.77. The van der Waals surface area contributed by atoms with Gasteiger partial charge in [-0.05, 0) is 24.1 Å². The highest BCUT2D eigenvalue weighted by molar-refractivity contribution is 5.97. The number of benzene rings is 1. The van der Waals surface area contributed by atoms with E-state index in [1.807, 2.05) is 13.8 Å². The normalized spacial score (nSPS) is 16.0. The Hall–Kier alpha value is -5.14. The van der Waals surface area contributed by atoms with E-state index in [4.69, 9.17) is 4.74 Å². The van der Waals surface area contributed by atoms with Crippen molar-refractivity contribution < 1.29 is 23.4 Å². The van der Waals surface area contributed by atoms with Crippen LogP contribution in [0.5, 0.6) is 11.5 Å². The molecule has 1 N–H and O–H groups in total. The number of anilines is 2. The number of phenolic OH excluding ortho intramolecular Hbond substituents is 1. The Labute approximate surface area is 250 Å². The van der Waals surface area contributed by atoms with Crippen molar-refractivity contribution in [1.29, 1.82) is 0 Å². The second kappa shape index (κ2) is 10.8. The van der Waals surface area contributed by atoms with E-state index in [1.165, 1.54) is 29.1 Å². The van der Waals surface area contributed by atoms with Gasteiger partial charge in [0, 0.05) is 33.7 Å². The molecule has 4 aromatic rings. The molecule has 1 aromatic carbocycles. The van der Waals surface area contributed by atoms with Crippen molar-refractivity contribution in [3.05, 3.63) is 65.0 Å². The summed E-state index contributed by atoms with van der Waals surface area (Å²) >= 11 is 0. The summed E-state index contributed by atoms with van der Waals surface area (Å²) in [6.45, 7) is 8.04. The van der Waals surface area contributed by atoms with E-state index in [1.54, 1.807) is 28.8 Å². The van der Waals surface area contributed by atoms with E-state index in [-0.39, 0.29) is 59.8 Å². The van der Waals surface area contributed by atoms with Crippen LogP contribution in [-0.4, -0.2) is 86.8 Å². The highest BCUT2D eigenvalue weighted by Gasteiger charge is 2.38. The molecule has 0 saturated carbocycles. The van der Waals surface area contributed by atoms with Crippen molar-refractivity contribution in [2.24, 2.45) is 0 Å². The lowest BCUT2D eigenvalue weighted by molar-refractivity contribution is -0.126. The predicted octanol–water partition coefficient (Wildman–Crippen LogP) is 3.01. The van der Waals surface area contributed by atoms with Crippen LogP contribution < -0.4 is 20.2 Å². The number of pyridine rings is 1. The summed E-state index contributed by atoms with van der Waals surface area (Å²) in [6, 6.07) is 3.07. The number of aromatic hydroxyl groups is 1. The van der Waals surface area contributed by atoms with E-state index in [0.29, 0.717) is 18.1 Å². The van der Waals surface area contributed by atoms with Crippen LogP contribution in [0.2, 0.25) is 0 Å². The third-order valence-corrected chi connectivity index (χ3v) is 7.82. The van der Waals surface area contributed by atoms with Crippen LogP contribution in [0, 0.1) is 11.6 Å². The molecule has 1 saturated heterocycles. The summed E-state index contributed by atoms with van der Waals surface area (Å²) in [5, 5.41) is 10.7. The molecule has 44 heavy (non-hydrogen) atoms. The molecular formula is C30H30F2N8O4. The highest BCUT2D eigenvalue weighted by atomic mass is 19.1. The van der Waals surface area contributed by atoms with Gasteiger partial charge in [0.2, 0.25) is 5.91 Å². The monoisotopic (exact) mass is 604 g/mol. The van der Waals surface area contributed by atoms with Gasteiger partial charge in [-0.15, -0.1) is 0 Å². The maximum Gasteiger partial charge on any atom is 0.356 e. The van der Waals surface area contributed by atoms with Crippen molar-refractivity contribution in [3.63, 3.8) is 0 Å². The zero-order chi connectivity index (χ0) is 31.4. The van der Waals surface area contributed by atoms with Crippen LogP contribution in [0.1, 0.15) is 25.5 Å². The third kappa shape index (κ3) is 4.48. The average molecular weight is 605 g/mol. The Morgan fingerprint density at radius 1 is 1.20 bits per heavy atom. The largest absolute Gasteiger partial charge is 0.507 e. The number of aromatic nitrogens is 5. The average Bonchev–Trinajstić information content (AvgIpc) is 3.15. The zero-order valence-electron chi connectivity index (χ0n) is 24.6. The number of nitrogens with zero attached hydrogens (tertiary/aromatic N) is 8. The van der Waals surface area contributed by atoms with Gasteiger partial charge in [0.05, 0.1) is 17.3 Å². The molecule has 2 aliphatic rings. The Kier molecular flexibility index (Phi) is 7.14. The number of amides is 1. The molecule has 0 bridgehead atoms. The van der Waals surface area contributed by atoms with Crippen LogP contribution >= 0.6 is 0 Å². The molecule has 3 aromatic heterocycles. The van der Waals surface area contributed by atoms with Crippen LogP contribution in [0.15, 0.2) is 42.0 Å². The first-order chi connectivity index (χ1) is 21.0. The number of ether oxygens (including phenoxy) is 1. The quantitative estimate of drug-likeness (QED) is 0.340. The van der Waals surface area contributed by atoms with E-state index in [0.717, 1.165) is 6.07 Å². The number of hydrogen-bond acceptors (Lipinski definition) is 10. The molecule has 5 heterocycles. The molecule has 0 unspecified atom stereocenters. The fraction of sp³-hybridized carbons (Fsp3) is 0.333. The smallest absolute Gasteiger partial charge is 0.356 e. The summed E-state index contributed by atoms with van der Waals surface area (Å²) < 4.78 is 39.0. The molecule has 1 amide bonds. The van der Waals surface area contributed by atoms with Crippen LogP contribution in [-0.2, 0) is 4.79 Å². The molecule has 1 fully saturated rings. The van der Waals surface area contributed by atoms with E-state index >= 15 is 8.78 Å². The topological polar surface area (TPSA) is 130 Å². The number of phenols is 1. The Bertz CT molecular complexity index is 1850. The minimum atomic E-state index is -1.04. The molecule has 12 nitrogen and oxygen atoms in total. The Morgan fingerprint density at radius 2 is 1.98 bits per heavy atom. The van der Waals surface area contributed by atoms with Crippen LogP contribution in [0.3, 0.4) is 0 Å². The molecule has 1 atom stereocenters. The molecular weight excluding hydrogens is 574 g/mol. The van der Waals surface area contributed by atoms with E-state index in [9.17, 15) is 14.7 Å². The van der Waals surface area contributed by atoms with Crippen molar-refractivity contribution in [1.82, 2.24) is 29.4 Å². The standard InChI is InChI=1S/C30H30F2N8O4/c1-6-19(42)38-10-11-39-16(12-38)13-44-26-21-27(39)36-30(43)40(25-23(15(2)3)33-14-34-29(25)37(4)5)28(21)35-24(22(26)32)20-17(31)8-7-9-18(20)41/h6-9,14-16,41H,1,10-13H2,2-5H3/t16-/m1/s1. The van der Waals surface area contributed by atoms with Gasteiger partial charge < -0.3 is 24.5 Å². The molecule has 14 heteroatoms. The van der Waals surface area contributed by atoms with Gasteiger partial charge in [-0.3, -0.25) is 4.79 Å². The molecule has 0 spiro atoms. The third-order valence-electron chi connectivity index (χ3n) is 7.82. The first-order valence-electron chi connectivity index (χ1n) is 14.0. The first kappa shape index (κ1) is 29.0. The number of carbonyl (C=O) groups excluding carboxylic acids is 1. The van der Waals surface area contributed by atoms with Gasteiger partial charge in [0.15, 0.2) is 23.0 Å². The van der Waals surface area contributed by atoms with Crippen molar-refractivity contribution >= 4 is 28.6 Å². The number of rotatable bonds is 5. The number of piperazine rings is 1. The van der Waals surface area contributed by atoms with Gasteiger partial charge in [0.1, 0.15) is 47.1 Å². The van der Waals surface area contributed by atoms with Gasteiger partial charge in [-0.1, -0.05) is 26.5 Å². The van der Waals surface area contributed by atoms with Crippen molar-refractivity contribution in [2.75, 3.05) is 50.1 Å². The van der Waals surface area contributed by atoms with Crippen LogP contribution in [0.25, 0.3) is 28.0 Å².